The number of carbonyl (C=O) groups is 1. The average Bonchev–Trinajstić information content (AvgIpc) is 3.09. The molecule has 1 aliphatic carbocycles. The van der Waals surface area contributed by atoms with Crippen LogP contribution in [0.1, 0.15) is 41.6 Å². The predicted octanol–water partition coefficient (Wildman–Crippen LogP) is 1.86. The van der Waals surface area contributed by atoms with Gasteiger partial charge >= 0.3 is 0 Å². The van der Waals surface area contributed by atoms with E-state index in [1.54, 1.807) is 11.0 Å². The molecule has 0 bridgehead atoms. The predicted molar refractivity (Wildman–Crippen MR) is 86.4 cm³/mol. The van der Waals surface area contributed by atoms with Gasteiger partial charge in [0, 0.05) is 24.1 Å². The van der Waals surface area contributed by atoms with Crippen LogP contribution >= 0.6 is 0 Å². The topological polar surface area (TPSA) is 80.0 Å². The lowest BCUT2D eigenvalue weighted by Gasteiger charge is -2.31. The van der Waals surface area contributed by atoms with E-state index < -0.39 is 0 Å². The van der Waals surface area contributed by atoms with Crippen molar-refractivity contribution in [2.75, 3.05) is 6.61 Å². The summed E-state index contributed by atoms with van der Waals surface area (Å²) in [7, 11) is 0. The van der Waals surface area contributed by atoms with Crippen LogP contribution in [-0.4, -0.2) is 38.4 Å². The maximum Gasteiger partial charge on any atom is 0.251 e. The Morgan fingerprint density at radius 2 is 2.22 bits per heavy atom. The van der Waals surface area contributed by atoms with Gasteiger partial charge < -0.3 is 10.4 Å². The molecule has 0 radical (unpaired) electrons. The minimum atomic E-state index is -0.0713. The highest BCUT2D eigenvalue weighted by Crippen LogP contribution is 2.24. The molecule has 2 aromatic rings. The van der Waals surface area contributed by atoms with Crippen LogP contribution in [0.25, 0.3) is 5.69 Å². The summed E-state index contributed by atoms with van der Waals surface area (Å²) in [5.74, 6) is 0.0976. The molecule has 2 N–H and O–H groups in total. The van der Waals surface area contributed by atoms with E-state index in [1.807, 2.05) is 25.1 Å². The van der Waals surface area contributed by atoms with E-state index in [-0.39, 0.29) is 24.5 Å². The molecule has 23 heavy (non-hydrogen) atoms. The Bertz CT molecular complexity index is 669. The van der Waals surface area contributed by atoms with Crippen LogP contribution in [0.4, 0.5) is 0 Å². The fourth-order valence-corrected chi connectivity index (χ4v) is 3.25. The van der Waals surface area contributed by atoms with Crippen molar-refractivity contribution in [3.8, 4) is 5.69 Å². The quantitative estimate of drug-likeness (QED) is 0.902. The Kier molecular flexibility index (Phi) is 4.71. The molecule has 0 aliphatic heterocycles. The van der Waals surface area contributed by atoms with Gasteiger partial charge in [-0.25, -0.2) is 9.67 Å². The summed E-state index contributed by atoms with van der Waals surface area (Å²) in [6.07, 6.45) is 7.25. The summed E-state index contributed by atoms with van der Waals surface area (Å²) in [4.78, 5) is 16.5. The molecule has 6 heteroatoms. The van der Waals surface area contributed by atoms with Crippen LogP contribution in [0.2, 0.25) is 0 Å². The highest BCUT2D eigenvalue weighted by atomic mass is 16.3. The lowest BCUT2D eigenvalue weighted by atomic mass is 9.85. The zero-order valence-corrected chi connectivity index (χ0v) is 13.3. The molecule has 0 saturated heterocycles. The Morgan fingerprint density at radius 3 is 2.91 bits per heavy atom. The molecule has 1 aromatic carbocycles. The Hall–Kier alpha value is -2.21. The molecule has 1 heterocycles. The van der Waals surface area contributed by atoms with Crippen molar-refractivity contribution in [2.45, 2.75) is 38.6 Å². The number of carbonyl (C=O) groups excluding carboxylic acids is 1. The number of nitrogens with one attached hydrogen (secondary N) is 1. The van der Waals surface area contributed by atoms with E-state index in [0.717, 1.165) is 36.9 Å². The van der Waals surface area contributed by atoms with Crippen molar-refractivity contribution in [1.29, 1.82) is 0 Å². The van der Waals surface area contributed by atoms with Crippen molar-refractivity contribution in [3.63, 3.8) is 0 Å². The van der Waals surface area contributed by atoms with Gasteiger partial charge in [-0.05, 0) is 43.5 Å². The standard InChI is InChI=1S/C17H22N4O2/c1-12-8-14(21-11-18-10-19-21)6-7-15(12)17(23)20-16-5-3-2-4-13(16)9-22/h6-8,10-11,13,16,22H,2-5,9H2,1H3,(H,20,23). The number of hydrogen-bond donors (Lipinski definition) is 2. The fraction of sp³-hybridized carbons (Fsp3) is 0.471. The Balaban J connectivity index is 1.74. The van der Waals surface area contributed by atoms with Gasteiger partial charge in [0.15, 0.2) is 0 Å². The summed E-state index contributed by atoms with van der Waals surface area (Å²) in [5.41, 5.74) is 2.44. The number of aliphatic hydroxyl groups is 1. The van der Waals surface area contributed by atoms with Crippen LogP contribution in [0, 0.1) is 12.8 Å². The first-order valence-electron chi connectivity index (χ1n) is 8.06. The molecule has 2 unspecified atom stereocenters. The molecule has 1 aromatic heterocycles. The normalized spacial score (nSPS) is 21.1. The van der Waals surface area contributed by atoms with E-state index in [2.05, 4.69) is 15.4 Å². The first-order chi connectivity index (χ1) is 11.2. The highest BCUT2D eigenvalue weighted by molar-refractivity contribution is 5.96. The monoisotopic (exact) mass is 314 g/mol. The molecule has 6 nitrogen and oxygen atoms in total. The third-order valence-electron chi connectivity index (χ3n) is 4.60. The van der Waals surface area contributed by atoms with Gasteiger partial charge in [-0.15, -0.1) is 0 Å². The summed E-state index contributed by atoms with van der Waals surface area (Å²) in [6, 6.07) is 5.67. The first-order valence-corrected chi connectivity index (χ1v) is 8.06. The average molecular weight is 314 g/mol. The van der Waals surface area contributed by atoms with Gasteiger partial charge in [0.25, 0.3) is 5.91 Å². The SMILES string of the molecule is Cc1cc(-n2cncn2)ccc1C(=O)NC1CCCCC1CO. The molecule has 1 amide bonds. The lowest BCUT2D eigenvalue weighted by molar-refractivity contribution is 0.0872. The Morgan fingerprint density at radius 1 is 1.39 bits per heavy atom. The summed E-state index contributed by atoms with van der Waals surface area (Å²) in [6.45, 7) is 2.05. The molecule has 3 rings (SSSR count). The first kappa shape index (κ1) is 15.7. The molecule has 1 aliphatic rings. The van der Waals surface area contributed by atoms with Gasteiger partial charge in [0.05, 0.1) is 5.69 Å². The zero-order valence-electron chi connectivity index (χ0n) is 13.3. The maximum atomic E-state index is 12.6. The highest BCUT2D eigenvalue weighted by Gasteiger charge is 2.26. The van der Waals surface area contributed by atoms with Gasteiger partial charge in [-0.2, -0.15) is 5.10 Å². The van der Waals surface area contributed by atoms with Crippen LogP contribution in [0.3, 0.4) is 0 Å². The van der Waals surface area contributed by atoms with Crippen LogP contribution in [0.5, 0.6) is 0 Å². The molecule has 1 fully saturated rings. The second-order valence-electron chi connectivity index (χ2n) is 6.15. The summed E-state index contributed by atoms with van der Waals surface area (Å²) < 4.78 is 1.66. The van der Waals surface area contributed by atoms with Crippen molar-refractivity contribution in [2.24, 2.45) is 5.92 Å². The maximum absolute atomic E-state index is 12.6. The minimum absolute atomic E-state index is 0.0654. The van der Waals surface area contributed by atoms with Crippen molar-refractivity contribution >= 4 is 5.91 Å². The molecule has 2 atom stereocenters. The molecular weight excluding hydrogens is 292 g/mol. The van der Waals surface area contributed by atoms with Crippen LogP contribution < -0.4 is 5.32 Å². The van der Waals surface area contributed by atoms with Crippen LogP contribution in [-0.2, 0) is 0 Å². The van der Waals surface area contributed by atoms with Gasteiger partial charge in [-0.1, -0.05) is 12.8 Å². The smallest absolute Gasteiger partial charge is 0.251 e. The third-order valence-corrected chi connectivity index (χ3v) is 4.60. The minimum Gasteiger partial charge on any atom is -0.396 e. The van der Waals surface area contributed by atoms with Crippen LogP contribution in [0.15, 0.2) is 30.9 Å². The number of aliphatic hydroxyl groups excluding tert-OH is 1. The van der Waals surface area contributed by atoms with E-state index in [9.17, 15) is 9.90 Å². The van der Waals surface area contributed by atoms with Gasteiger partial charge in [0.2, 0.25) is 0 Å². The zero-order chi connectivity index (χ0) is 16.2. The van der Waals surface area contributed by atoms with Gasteiger partial charge in [-0.3, -0.25) is 4.79 Å². The van der Waals surface area contributed by atoms with Crippen molar-refractivity contribution in [1.82, 2.24) is 20.1 Å². The van der Waals surface area contributed by atoms with Gasteiger partial charge in [0.1, 0.15) is 12.7 Å². The molecule has 1 saturated carbocycles. The molecule has 0 spiro atoms. The largest absolute Gasteiger partial charge is 0.396 e. The Labute approximate surface area is 135 Å². The van der Waals surface area contributed by atoms with E-state index in [4.69, 9.17) is 0 Å². The van der Waals surface area contributed by atoms with E-state index in [1.165, 1.54) is 6.33 Å². The number of nitrogens with zero attached hydrogens (tertiary/aromatic N) is 3. The molecule has 122 valence electrons. The number of benzene rings is 1. The lowest BCUT2D eigenvalue weighted by Crippen LogP contribution is -2.43. The van der Waals surface area contributed by atoms with E-state index in [0.29, 0.717) is 5.56 Å². The molecular formula is C17H22N4O2. The summed E-state index contributed by atoms with van der Waals surface area (Å²) in [5, 5.41) is 16.7. The third kappa shape index (κ3) is 3.42. The number of rotatable bonds is 4. The second kappa shape index (κ2) is 6.91. The number of aryl methyl sites for hydroxylation is 1. The fourth-order valence-electron chi connectivity index (χ4n) is 3.25. The number of amides is 1. The number of aromatic nitrogens is 3. The van der Waals surface area contributed by atoms with E-state index >= 15 is 0 Å². The number of hydrogen-bond acceptors (Lipinski definition) is 4. The van der Waals surface area contributed by atoms with Crippen molar-refractivity contribution < 1.29 is 9.90 Å². The second-order valence-corrected chi connectivity index (χ2v) is 6.15. The van der Waals surface area contributed by atoms with Crippen molar-refractivity contribution in [3.05, 3.63) is 42.0 Å². The summed E-state index contributed by atoms with van der Waals surface area (Å²) >= 11 is 0.